The van der Waals surface area contributed by atoms with E-state index in [-0.39, 0.29) is 11.9 Å². The minimum absolute atomic E-state index is 0.0940. The third-order valence-corrected chi connectivity index (χ3v) is 4.69. The lowest BCUT2D eigenvalue weighted by Crippen LogP contribution is -2.45. The number of esters is 1. The van der Waals surface area contributed by atoms with Crippen molar-refractivity contribution in [3.05, 3.63) is 0 Å². The third-order valence-electron chi connectivity index (χ3n) is 4.69. The van der Waals surface area contributed by atoms with Crippen molar-refractivity contribution in [3.63, 3.8) is 0 Å². The van der Waals surface area contributed by atoms with Crippen molar-refractivity contribution in [1.82, 2.24) is 4.90 Å². The van der Waals surface area contributed by atoms with Crippen molar-refractivity contribution >= 4 is 12.1 Å². The van der Waals surface area contributed by atoms with Crippen molar-refractivity contribution in [3.8, 4) is 6.07 Å². The predicted octanol–water partition coefficient (Wildman–Crippen LogP) is 1.95. The molecule has 0 aromatic carbocycles. The summed E-state index contributed by atoms with van der Waals surface area (Å²) in [6, 6.07) is 1.61. The van der Waals surface area contributed by atoms with Gasteiger partial charge in [0.15, 0.2) is 0 Å². The summed E-state index contributed by atoms with van der Waals surface area (Å²) in [5.41, 5.74) is 0. The Balaban J connectivity index is 2.20. The van der Waals surface area contributed by atoms with Gasteiger partial charge in [0.1, 0.15) is 6.04 Å². The SMILES string of the molecule is CCOC(=O)C1C2C(CCC#N)CCC2CN1C(=O)OC. The molecular formula is C15H22N2O4. The maximum Gasteiger partial charge on any atom is 0.410 e. The molecule has 0 N–H and O–H groups in total. The first-order chi connectivity index (χ1) is 10.1. The molecule has 2 aliphatic rings. The van der Waals surface area contributed by atoms with Gasteiger partial charge in [-0.3, -0.25) is 4.90 Å². The third kappa shape index (κ3) is 2.97. The number of rotatable bonds is 4. The highest BCUT2D eigenvalue weighted by molar-refractivity contribution is 5.82. The molecule has 21 heavy (non-hydrogen) atoms. The maximum atomic E-state index is 12.3. The second kappa shape index (κ2) is 6.79. The number of nitrogens with zero attached hydrogens (tertiary/aromatic N) is 2. The Morgan fingerprint density at radius 1 is 1.38 bits per heavy atom. The predicted molar refractivity (Wildman–Crippen MR) is 74.1 cm³/mol. The van der Waals surface area contributed by atoms with E-state index in [0.717, 1.165) is 19.3 Å². The van der Waals surface area contributed by atoms with Crippen LogP contribution in [0, 0.1) is 29.1 Å². The molecule has 4 unspecified atom stereocenters. The lowest BCUT2D eigenvalue weighted by Gasteiger charge is -2.28. The maximum absolute atomic E-state index is 12.3. The molecule has 0 bridgehead atoms. The minimum Gasteiger partial charge on any atom is -0.464 e. The number of nitriles is 1. The molecule has 6 heteroatoms. The first-order valence-electron chi connectivity index (χ1n) is 7.52. The van der Waals surface area contributed by atoms with E-state index in [4.69, 9.17) is 14.7 Å². The molecular weight excluding hydrogens is 272 g/mol. The first kappa shape index (κ1) is 15.6. The number of methoxy groups -OCH3 is 1. The van der Waals surface area contributed by atoms with Crippen molar-refractivity contribution in [1.29, 1.82) is 5.26 Å². The molecule has 0 radical (unpaired) electrons. The Bertz CT molecular complexity index is 445. The highest BCUT2D eigenvalue weighted by atomic mass is 16.6. The van der Waals surface area contributed by atoms with E-state index in [2.05, 4.69) is 6.07 Å². The van der Waals surface area contributed by atoms with Crippen LogP contribution in [0.5, 0.6) is 0 Å². The second-order valence-corrected chi connectivity index (χ2v) is 5.69. The molecule has 4 atom stereocenters. The Morgan fingerprint density at radius 2 is 2.14 bits per heavy atom. The van der Waals surface area contributed by atoms with E-state index < -0.39 is 12.1 Å². The smallest absolute Gasteiger partial charge is 0.410 e. The number of carbonyl (C=O) groups excluding carboxylic acids is 2. The lowest BCUT2D eigenvalue weighted by atomic mass is 9.84. The summed E-state index contributed by atoms with van der Waals surface area (Å²) in [6.07, 6.45) is 2.80. The molecule has 1 amide bonds. The van der Waals surface area contributed by atoms with Gasteiger partial charge in [-0.2, -0.15) is 5.26 Å². The van der Waals surface area contributed by atoms with Crippen LogP contribution in [0.25, 0.3) is 0 Å². The summed E-state index contributed by atoms with van der Waals surface area (Å²) in [7, 11) is 1.33. The number of likely N-dealkylation sites (tertiary alicyclic amines) is 1. The standard InChI is InChI=1S/C15H22N2O4/c1-3-21-14(18)13-12-10(5-4-8-16)6-7-11(12)9-17(13)15(19)20-2/h10-13H,3-7,9H2,1-2H3. The van der Waals surface area contributed by atoms with Crippen LogP contribution in [0.3, 0.4) is 0 Å². The van der Waals surface area contributed by atoms with Crippen molar-refractivity contribution < 1.29 is 19.1 Å². The fourth-order valence-corrected chi connectivity index (χ4v) is 3.90. The fourth-order valence-electron chi connectivity index (χ4n) is 3.90. The van der Waals surface area contributed by atoms with E-state index in [1.807, 2.05) is 0 Å². The Morgan fingerprint density at radius 3 is 2.76 bits per heavy atom. The van der Waals surface area contributed by atoms with Gasteiger partial charge in [0, 0.05) is 13.0 Å². The number of amides is 1. The zero-order valence-corrected chi connectivity index (χ0v) is 12.6. The van der Waals surface area contributed by atoms with Crippen molar-refractivity contribution in [2.75, 3.05) is 20.3 Å². The molecule has 0 spiro atoms. The molecule has 0 aromatic heterocycles. The second-order valence-electron chi connectivity index (χ2n) is 5.69. The molecule has 1 saturated carbocycles. The minimum atomic E-state index is -0.561. The van der Waals surface area contributed by atoms with E-state index in [1.165, 1.54) is 12.0 Å². The van der Waals surface area contributed by atoms with Crippen molar-refractivity contribution in [2.24, 2.45) is 17.8 Å². The quantitative estimate of drug-likeness (QED) is 0.740. The van der Waals surface area contributed by atoms with Crippen LogP contribution in [0.4, 0.5) is 4.79 Å². The lowest BCUT2D eigenvalue weighted by molar-refractivity contribution is -0.149. The molecule has 116 valence electrons. The molecule has 2 rings (SSSR count). The van der Waals surface area contributed by atoms with E-state index in [0.29, 0.717) is 31.4 Å². The summed E-state index contributed by atoms with van der Waals surface area (Å²) in [6.45, 7) is 2.60. The van der Waals surface area contributed by atoms with Gasteiger partial charge in [0.05, 0.1) is 19.8 Å². The van der Waals surface area contributed by atoms with Crippen LogP contribution in [-0.4, -0.2) is 43.3 Å². The average molecular weight is 294 g/mol. The van der Waals surface area contributed by atoms with Gasteiger partial charge in [-0.05, 0) is 43.9 Å². The number of hydrogen-bond acceptors (Lipinski definition) is 5. The summed E-state index contributed by atoms with van der Waals surface area (Å²) in [4.78, 5) is 25.7. The molecule has 1 aliphatic carbocycles. The van der Waals surface area contributed by atoms with E-state index in [9.17, 15) is 9.59 Å². The number of hydrogen-bond donors (Lipinski definition) is 0. The average Bonchev–Trinajstić information content (AvgIpc) is 3.03. The number of carbonyl (C=O) groups is 2. The fraction of sp³-hybridized carbons (Fsp3) is 0.800. The summed E-state index contributed by atoms with van der Waals surface area (Å²) >= 11 is 0. The van der Waals surface area contributed by atoms with Crippen molar-refractivity contribution in [2.45, 2.75) is 38.6 Å². The van der Waals surface area contributed by atoms with Gasteiger partial charge < -0.3 is 9.47 Å². The van der Waals surface area contributed by atoms with Crippen LogP contribution in [0.2, 0.25) is 0 Å². The topological polar surface area (TPSA) is 79.6 Å². The van der Waals surface area contributed by atoms with Crippen LogP contribution in [-0.2, 0) is 14.3 Å². The van der Waals surface area contributed by atoms with Crippen LogP contribution in [0.1, 0.15) is 32.6 Å². The van der Waals surface area contributed by atoms with E-state index >= 15 is 0 Å². The zero-order valence-electron chi connectivity index (χ0n) is 12.6. The molecule has 0 aromatic rings. The number of ether oxygens (including phenoxy) is 2. The molecule has 1 aliphatic heterocycles. The van der Waals surface area contributed by atoms with Gasteiger partial charge in [-0.15, -0.1) is 0 Å². The monoisotopic (exact) mass is 294 g/mol. The molecule has 1 saturated heterocycles. The number of fused-ring (bicyclic) bond motifs is 1. The summed E-state index contributed by atoms with van der Waals surface area (Å²) in [5, 5.41) is 8.78. The van der Waals surface area contributed by atoms with E-state index in [1.54, 1.807) is 6.92 Å². The summed E-state index contributed by atoms with van der Waals surface area (Å²) in [5.74, 6) is 0.358. The van der Waals surface area contributed by atoms with Gasteiger partial charge in [0.25, 0.3) is 0 Å². The van der Waals surface area contributed by atoms with Gasteiger partial charge in [-0.25, -0.2) is 9.59 Å². The van der Waals surface area contributed by atoms with Crippen LogP contribution in [0.15, 0.2) is 0 Å². The first-order valence-corrected chi connectivity index (χ1v) is 7.52. The Hall–Kier alpha value is -1.77. The largest absolute Gasteiger partial charge is 0.464 e. The molecule has 2 fully saturated rings. The Kier molecular flexibility index (Phi) is 5.05. The summed E-state index contributed by atoms with van der Waals surface area (Å²) < 4.78 is 9.96. The molecule has 1 heterocycles. The van der Waals surface area contributed by atoms with Crippen LogP contribution < -0.4 is 0 Å². The normalized spacial score (nSPS) is 30.6. The van der Waals surface area contributed by atoms with Crippen LogP contribution >= 0.6 is 0 Å². The highest BCUT2D eigenvalue weighted by Gasteiger charge is 2.54. The Labute approximate surface area is 125 Å². The van der Waals surface area contributed by atoms with Gasteiger partial charge >= 0.3 is 12.1 Å². The zero-order chi connectivity index (χ0) is 15.4. The van der Waals surface area contributed by atoms with Gasteiger partial charge in [0.2, 0.25) is 0 Å². The highest BCUT2D eigenvalue weighted by Crippen LogP contribution is 2.48. The van der Waals surface area contributed by atoms with Gasteiger partial charge in [-0.1, -0.05) is 0 Å². The molecule has 6 nitrogen and oxygen atoms in total.